The number of aliphatic hydroxyl groups excluding tert-OH is 1. The van der Waals surface area contributed by atoms with Crippen LogP contribution in [0.3, 0.4) is 0 Å². The van der Waals surface area contributed by atoms with Crippen LogP contribution >= 0.6 is 11.3 Å². The monoisotopic (exact) mass is 254 g/mol. The van der Waals surface area contributed by atoms with Gasteiger partial charge in [0.1, 0.15) is 6.10 Å². The van der Waals surface area contributed by atoms with Crippen molar-refractivity contribution >= 4 is 17.2 Å². The minimum Gasteiger partial charge on any atom is -0.384 e. The van der Waals surface area contributed by atoms with E-state index in [-0.39, 0.29) is 5.91 Å². The number of hydrogen-bond donors (Lipinski definition) is 2. The van der Waals surface area contributed by atoms with Gasteiger partial charge in [0.25, 0.3) is 0 Å². The number of nitrogens with one attached hydrogen (secondary N) is 1. The molecular formula is C12H18N2O2S. The smallest absolute Gasteiger partial charge is 0.248 e. The van der Waals surface area contributed by atoms with Gasteiger partial charge < -0.3 is 10.4 Å². The van der Waals surface area contributed by atoms with Crippen molar-refractivity contribution in [2.45, 2.75) is 26.0 Å². The lowest BCUT2D eigenvalue weighted by molar-refractivity contribution is -0.128. The molecule has 1 aromatic heterocycles. The molecule has 4 nitrogen and oxygen atoms in total. The number of thiophene rings is 1. The van der Waals surface area contributed by atoms with E-state index in [9.17, 15) is 4.79 Å². The average molecular weight is 254 g/mol. The third-order valence-corrected chi connectivity index (χ3v) is 4.02. The number of carbonyl (C=O) groups is 1. The molecule has 0 saturated carbocycles. The maximum absolute atomic E-state index is 11.2. The van der Waals surface area contributed by atoms with E-state index < -0.39 is 6.10 Å². The molecule has 0 aromatic carbocycles. The van der Waals surface area contributed by atoms with E-state index >= 15 is 0 Å². The molecule has 5 heteroatoms. The van der Waals surface area contributed by atoms with Crippen LogP contribution in [0.5, 0.6) is 0 Å². The summed E-state index contributed by atoms with van der Waals surface area (Å²) >= 11 is 1.83. The number of carbonyl (C=O) groups excluding carboxylic acids is 1. The summed E-state index contributed by atoms with van der Waals surface area (Å²) in [5.74, 6) is -0.293. The topological polar surface area (TPSA) is 52.6 Å². The molecule has 94 valence electrons. The summed E-state index contributed by atoms with van der Waals surface area (Å²) in [7, 11) is 0. The fourth-order valence-electron chi connectivity index (χ4n) is 1.98. The number of fused-ring (bicyclic) bond motifs is 1. The van der Waals surface area contributed by atoms with Crippen molar-refractivity contribution in [3.63, 3.8) is 0 Å². The van der Waals surface area contributed by atoms with Gasteiger partial charge in [-0.1, -0.05) is 0 Å². The number of nitrogens with zero attached hydrogens (tertiary/aromatic N) is 1. The highest BCUT2D eigenvalue weighted by atomic mass is 32.1. The van der Waals surface area contributed by atoms with Crippen LogP contribution in [0.2, 0.25) is 0 Å². The summed E-state index contributed by atoms with van der Waals surface area (Å²) in [6, 6.07) is 2.18. The van der Waals surface area contributed by atoms with Crippen LogP contribution in [-0.4, -0.2) is 41.7 Å². The third-order valence-electron chi connectivity index (χ3n) is 2.99. The Hall–Kier alpha value is -0.910. The number of rotatable bonds is 4. The first-order valence-corrected chi connectivity index (χ1v) is 6.78. The van der Waals surface area contributed by atoms with Crippen molar-refractivity contribution in [1.82, 2.24) is 10.2 Å². The van der Waals surface area contributed by atoms with E-state index in [0.717, 1.165) is 26.1 Å². The minimum atomic E-state index is -0.917. The second-order valence-corrected chi connectivity index (χ2v) is 5.36. The van der Waals surface area contributed by atoms with E-state index in [1.165, 1.54) is 17.4 Å². The Labute approximate surface area is 105 Å². The van der Waals surface area contributed by atoms with E-state index in [2.05, 4.69) is 21.7 Å². The van der Waals surface area contributed by atoms with Crippen LogP contribution < -0.4 is 5.32 Å². The highest BCUT2D eigenvalue weighted by Crippen LogP contribution is 2.23. The zero-order valence-corrected chi connectivity index (χ0v) is 10.8. The van der Waals surface area contributed by atoms with E-state index in [1.807, 2.05) is 11.3 Å². The van der Waals surface area contributed by atoms with Gasteiger partial charge >= 0.3 is 0 Å². The molecular weight excluding hydrogens is 236 g/mol. The lowest BCUT2D eigenvalue weighted by atomic mass is 10.1. The molecule has 1 amide bonds. The summed E-state index contributed by atoms with van der Waals surface area (Å²) in [5, 5.41) is 13.9. The molecule has 0 bridgehead atoms. The van der Waals surface area contributed by atoms with E-state index in [4.69, 9.17) is 5.11 Å². The molecule has 2 rings (SSSR count). The molecule has 17 heavy (non-hydrogen) atoms. The molecule has 0 radical (unpaired) electrons. The fourth-order valence-corrected chi connectivity index (χ4v) is 2.87. The Morgan fingerprint density at radius 2 is 2.53 bits per heavy atom. The van der Waals surface area contributed by atoms with E-state index in [1.54, 1.807) is 0 Å². The molecule has 1 aliphatic rings. The molecule has 0 spiro atoms. The predicted octanol–water partition coefficient (Wildman–Crippen LogP) is 0.603. The van der Waals surface area contributed by atoms with Gasteiger partial charge in [-0.15, -0.1) is 11.3 Å². The molecule has 1 aliphatic heterocycles. The summed E-state index contributed by atoms with van der Waals surface area (Å²) < 4.78 is 0. The minimum absolute atomic E-state index is 0.293. The fraction of sp³-hybridized carbons (Fsp3) is 0.583. The third kappa shape index (κ3) is 3.28. The summed E-state index contributed by atoms with van der Waals surface area (Å²) in [4.78, 5) is 15.0. The average Bonchev–Trinajstić information content (AvgIpc) is 2.75. The molecule has 0 fully saturated rings. The SMILES string of the molecule is CC(O)C(=O)NCCN1CCc2sccc2C1. The van der Waals surface area contributed by atoms with Crippen molar-refractivity contribution in [2.75, 3.05) is 19.6 Å². The van der Waals surface area contributed by atoms with Crippen LogP contribution in [0.4, 0.5) is 0 Å². The van der Waals surface area contributed by atoms with Gasteiger partial charge in [0.05, 0.1) is 0 Å². The molecule has 1 unspecified atom stereocenters. The van der Waals surface area contributed by atoms with Gasteiger partial charge in [-0.05, 0) is 30.4 Å². The van der Waals surface area contributed by atoms with Gasteiger partial charge in [-0.2, -0.15) is 0 Å². The predicted molar refractivity (Wildman–Crippen MR) is 68.0 cm³/mol. The molecule has 0 saturated heterocycles. The Kier molecular flexibility index (Phi) is 4.15. The number of amides is 1. The second-order valence-electron chi connectivity index (χ2n) is 4.36. The van der Waals surface area contributed by atoms with E-state index in [0.29, 0.717) is 6.54 Å². The van der Waals surface area contributed by atoms with Gasteiger partial charge in [-0.3, -0.25) is 9.69 Å². The lowest BCUT2D eigenvalue weighted by Crippen LogP contribution is -2.40. The first kappa shape index (κ1) is 12.5. The zero-order chi connectivity index (χ0) is 12.3. The molecule has 2 heterocycles. The number of hydrogen-bond acceptors (Lipinski definition) is 4. The highest BCUT2D eigenvalue weighted by Gasteiger charge is 2.17. The van der Waals surface area contributed by atoms with Crippen LogP contribution in [0.1, 0.15) is 17.4 Å². The van der Waals surface area contributed by atoms with Gasteiger partial charge in [0.15, 0.2) is 0 Å². The Morgan fingerprint density at radius 3 is 3.29 bits per heavy atom. The zero-order valence-electron chi connectivity index (χ0n) is 9.98. The van der Waals surface area contributed by atoms with Crippen molar-refractivity contribution in [3.8, 4) is 0 Å². The largest absolute Gasteiger partial charge is 0.384 e. The maximum atomic E-state index is 11.2. The quantitative estimate of drug-likeness (QED) is 0.827. The first-order chi connectivity index (χ1) is 8.16. The van der Waals surface area contributed by atoms with Gasteiger partial charge in [-0.25, -0.2) is 0 Å². The van der Waals surface area contributed by atoms with Crippen LogP contribution in [0.25, 0.3) is 0 Å². The summed E-state index contributed by atoms with van der Waals surface area (Å²) in [5.41, 5.74) is 1.42. The Morgan fingerprint density at radius 1 is 1.71 bits per heavy atom. The Bertz CT molecular complexity index is 390. The number of aliphatic hydroxyl groups is 1. The van der Waals surface area contributed by atoms with Crippen LogP contribution in [-0.2, 0) is 17.8 Å². The standard InChI is InChI=1S/C12H18N2O2S/c1-9(15)12(16)13-4-6-14-5-2-11-10(8-14)3-7-17-11/h3,7,9,15H,2,4-6,8H2,1H3,(H,13,16). The first-order valence-electron chi connectivity index (χ1n) is 5.90. The maximum Gasteiger partial charge on any atom is 0.248 e. The second kappa shape index (κ2) is 5.62. The Balaban J connectivity index is 1.73. The molecule has 0 aliphatic carbocycles. The van der Waals surface area contributed by atoms with Crippen LogP contribution in [0, 0.1) is 0 Å². The summed E-state index contributed by atoms with van der Waals surface area (Å²) in [6.45, 7) is 4.95. The summed E-state index contributed by atoms with van der Waals surface area (Å²) in [6.07, 6.45) is 0.192. The van der Waals surface area contributed by atoms with Crippen molar-refractivity contribution in [1.29, 1.82) is 0 Å². The van der Waals surface area contributed by atoms with Crippen molar-refractivity contribution in [2.24, 2.45) is 0 Å². The normalized spacial score (nSPS) is 17.5. The molecule has 2 N–H and O–H groups in total. The molecule has 1 atom stereocenters. The lowest BCUT2D eigenvalue weighted by Gasteiger charge is -2.26. The van der Waals surface area contributed by atoms with Crippen molar-refractivity contribution < 1.29 is 9.90 Å². The van der Waals surface area contributed by atoms with Crippen LogP contribution in [0.15, 0.2) is 11.4 Å². The van der Waals surface area contributed by atoms with Gasteiger partial charge in [0, 0.05) is 31.1 Å². The molecule has 1 aromatic rings. The highest BCUT2D eigenvalue weighted by molar-refractivity contribution is 7.10. The van der Waals surface area contributed by atoms with Crippen molar-refractivity contribution in [3.05, 3.63) is 21.9 Å². The van der Waals surface area contributed by atoms with Gasteiger partial charge in [0.2, 0.25) is 5.91 Å².